The first-order valence-corrected chi connectivity index (χ1v) is 4.84. The molecule has 0 unspecified atom stereocenters. The predicted octanol–water partition coefficient (Wildman–Crippen LogP) is 0.949. The number of carboxylic acid groups (broad SMARTS) is 2. The van der Waals surface area contributed by atoms with Gasteiger partial charge in [-0.2, -0.15) is 0 Å². The van der Waals surface area contributed by atoms with Gasteiger partial charge in [0.1, 0.15) is 0 Å². The lowest BCUT2D eigenvalue weighted by atomic mass is 10.1. The minimum absolute atomic E-state index is 0.0766. The van der Waals surface area contributed by atoms with E-state index in [1.54, 1.807) is 12.1 Å². The van der Waals surface area contributed by atoms with Gasteiger partial charge in [0.2, 0.25) is 0 Å². The zero-order chi connectivity index (χ0) is 12.0. The van der Waals surface area contributed by atoms with E-state index in [0.29, 0.717) is 13.1 Å². The number of aliphatic carboxylic acids is 1. The number of hydrogen-bond acceptors (Lipinski definition) is 3. The standard InChI is InChI=1S/C11H13NO4/c13-10(14)5-6-12-7-8-1-3-9(4-2-8)11(15)16/h1-4,12H,5-7H2,(H,13,14)(H,15,16). The fourth-order valence-corrected chi connectivity index (χ4v) is 1.19. The van der Waals surface area contributed by atoms with Crippen molar-refractivity contribution in [1.82, 2.24) is 5.32 Å². The van der Waals surface area contributed by atoms with Crippen molar-refractivity contribution in [2.24, 2.45) is 0 Å². The van der Waals surface area contributed by atoms with Crippen LogP contribution in [0.3, 0.4) is 0 Å². The van der Waals surface area contributed by atoms with Crippen LogP contribution in [0.1, 0.15) is 22.3 Å². The lowest BCUT2D eigenvalue weighted by Gasteiger charge is -2.03. The molecule has 0 radical (unpaired) electrons. The smallest absolute Gasteiger partial charge is 0.335 e. The number of benzene rings is 1. The summed E-state index contributed by atoms with van der Waals surface area (Å²) in [6, 6.07) is 6.46. The van der Waals surface area contributed by atoms with Gasteiger partial charge in [-0.25, -0.2) is 4.79 Å². The van der Waals surface area contributed by atoms with Gasteiger partial charge in [-0.1, -0.05) is 12.1 Å². The highest BCUT2D eigenvalue weighted by Gasteiger charge is 2.01. The van der Waals surface area contributed by atoms with Crippen molar-refractivity contribution in [3.63, 3.8) is 0 Å². The molecule has 0 saturated carbocycles. The first-order chi connectivity index (χ1) is 7.59. The average Bonchev–Trinajstić information content (AvgIpc) is 2.25. The summed E-state index contributed by atoms with van der Waals surface area (Å²) in [5.41, 5.74) is 1.17. The Hall–Kier alpha value is -1.88. The Labute approximate surface area is 92.7 Å². The van der Waals surface area contributed by atoms with Gasteiger partial charge in [-0.05, 0) is 17.7 Å². The van der Waals surface area contributed by atoms with E-state index in [-0.39, 0.29) is 12.0 Å². The summed E-state index contributed by atoms with van der Waals surface area (Å²) in [7, 11) is 0. The first-order valence-electron chi connectivity index (χ1n) is 4.84. The van der Waals surface area contributed by atoms with Gasteiger partial charge in [-0.15, -0.1) is 0 Å². The summed E-state index contributed by atoms with van der Waals surface area (Å²) in [4.78, 5) is 20.8. The van der Waals surface area contributed by atoms with Gasteiger partial charge in [0.25, 0.3) is 0 Å². The number of carbonyl (C=O) groups is 2. The Kier molecular flexibility index (Phi) is 4.47. The summed E-state index contributed by atoms with van der Waals surface area (Å²) in [5.74, 6) is -1.79. The summed E-state index contributed by atoms with van der Waals surface area (Å²) in [6.45, 7) is 0.934. The Morgan fingerprint density at radius 2 is 1.75 bits per heavy atom. The number of hydrogen-bond donors (Lipinski definition) is 3. The molecule has 0 spiro atoms. The van der Waals surface area contributed by atoms with Gasteiger partial charge in [0.15, 0.2) is 0 Å². The van der Waals surface area contributed by atoms with Crippen molar-refractivity contribution in [2.75, 3.05) is 6.54 Å². The third-order valence-electron chi connectivity index (χ3n) is 2.05. The second-order valence-corrected chi connectivity index (χ2v) is 3.32. The van der Waals surface area contributed by atoms with E-state index in [2.05, 4.69) is 5.32 Å². The number of nitrogens with one attached hydrogen (secondary N) is 1. The molecule has 5 heteroatoms. The van der Waals surface area contributed by atoms with Crippen LogP contribution in [0, 0.1) is 0 Å². The molecule has 1 rings (SSSR count). The second kappa shape index (κ2) is 5.87. The van der Waals surface area contributed by atoms with Crippen LogP contribution in [0.4, 0.5) is 0 Å². The van der Waals surface area contributed by atoms with Gasteiger partial charge in [0.05, 0.1) is 12.0 Å². The fourth-order valence-electron chi connectivity index (χ4n) is 1.19. The number of rotatable bonds is 6. The van der Waals surface area contributed by atoms with Crippen LogP contribution in [-0.2, 0) is 11.3 Å². The molecule has 0 saturated heterocycles. The molecule has 0 aliphatic carbocycles. The Morgan fingerprint density at radius 1 is 1.12 bits per heavy atom. The van der Waals surface area contributed by atoms with Crippen LogP contribution in [0.15, 0.2) is 24.3 Å². The van der Waals surface area contributed by atoms with Gasteiger partial charge in [-0.3, -0.25) is 4.79 Å². The lowest BCUT2D eigenvalue weighted by Crippen LogP contribution is -2.17. The summed E-state index contributed by atoms with van der Waals surface area (Å²) in [6.07, 6.45) is 0.0766. The maximum Gasteiger partial charge on any atom is 0.335 e. The van der Waals surface area contributed by atoms with Crippen LogP contribution in [0.25, 0.3) is 0 Å². The van der Waals surface area contributed by atoms with E-state index in [9.17, 15) is 9.59 Å². The quantitative estimate of drug-likeness (QED) is 0.625. The van der Waals surface area contributed by atoms with E-state index < -0.39 is 11.9 Å². The molecule has 0 amide bonds. The molecule has 16 heavy (non-hydrogen) atoms. The largest absolute Gasteiger partial charge is 0.481 e. The third-order valence-corrected chi connectivity index (χ3v) is 2.05. The van der Waals surface area contributed by atoms with Gasteiger partial charge in [0, 0.05) is 13.1 Å². The Balaban J connectivity index is 2.38. The van der Waals surface area contributed by atoms with E-state index in [1.165, 1.54) is 12.1 Å². The molecule has 86 valence electrons. The van der Waals surface area contributed by atoms with Gasteiger partial charge < -0.3 is 15.5 Å². The maximum atomic E-state index is 10.6. The highest BCUT2D eigenvalue weighted by molar-refractivity contribution is 5.87. The molecular formula is C11H13NO4. The molecule has 0 fully saturated rings. The zero-order valence-electron chi connectivity index (χ0n) is 8.64. The maximum absolute atomic E-state index is 10.6. The summed E-state index contributed by atoms with van der Waals surface area (Å²) < 4.78 is 0. The first kappa shape index (κ1) is 12.2. The average molecular weight is 223 g/mol. The van der Waals surface area contributed by atoms with Crippen LogP contribution in [0.2, 0.25) is 0 Å². The molecule has 0 aliphatic rings. The summed E-state index contributed by atoms with van der Waals surface area (Å²) >= 11 is 0. The second-order valence-electron chi connectivity index (χ2n) is 3.32. The topological polar surface area (TPSA) is 86.6 Å². The lowest BCUT2D eigenvalue weighted by molar-refractivity contribution is -0.136. The van der Waals surface area contributed by atoms with Crippen molar-refractivity contribution in [1.29, 1.82) is 0 Å². The Morgan fingerprint density at radius 3 is 2.25 bits per heavy atom. The minimum Gasteiger partial charge on any atom is -0.481 e. The van der Waals surface area contributed by atoms with E-state index >= 15 is 0 Å². The molecule has 0 heterocycles. The molecule has 3 N–H and O–H groups in total. The molecule has 0 bridgehead atoms. The molecule has 0 atom stereocenters. The van der Waals surface area contributed by atoms with E-state index in [0.717, 1.165) is 5.56 Å². The zero-order valence-corrected chi connectivity index (χ0v) is 8.64. The molecule has 0 aromatic heterocycles. The van der Waals surface area contributed by atoms with E-state index in [4.69, 9.17) is 10.2 Å². The molecule has 0 aliphatic heterocycles. The molecular weight excluding hydrogens is 210 g/mol. The minimum atomic E-state index is -0.953. The third kappa shape index (κ3) is 4.10. The van der Waals surface area contributed by atoms with Crippen LogP contribution in [0.5, 0.6) is 0 Å². The number of aromatic carboxylic acids is 1. The monoisotopic (exact) mass is 223 g/mol. The molecule has 5 nitrogen and oxygen atoms in total. The van der Waals surface area contributed by atoms with Crippen molar-refractivity contribution in [3.8, 4) is 0 Å². The SMILES string of the molecule is O=C(O)CCNCc1ccc(C(=O)O)cc1. The van der Waals surface area contributed by atoms with Crippen LogP contribution >= 0.6 is 0 Å². The normalized spacial score (nSPS) is 10.0. The fraction of sp³-hybridized carbons (Fsp3) is 0.273. The van der Waals surface area contributed by atoms with Gasteiger partial charge >= 0.3 is 11.9 Å². The van der Waals surface area contributed by atoms with Crippen molar-refractivity contribution in [3.05, 3.63) is 35.4 Å². The highest BCUT2D eigenvalue weighted by atomic mass is 16.4. The van der Waals surface area contributed by atoms with Crippen molar-refractivity contribution < 1.29 is 19.8 Å². The van der Waals surface area contributed by atoms with E-state index in [1.807, 2.05) is 0 Å². The van der Waals surface area contributed by atoms with Crippen LogP contribution in [-0.4, -0.2) is 28.7 Å². The Bertz CT molecular complexity index is 372. The number of carboxylic acids is 2. The predicted molar refractivity (Wildman–Crippen MR) is 57.4 cm³/mol. The molecule has 1 aromatic rings. The van der Waals surface area contributed by atoms with Crippen molar-refractivity contribution >= 4 is 11.9 Å². The van der Waals surface area contributed by atoms with Crippen LogP contribution < -0.4 is 5.32 Å². The van der Waals surface area contributed by atoms with Crippen molar-refractivity contribution in [2.45, 2.75) is 13.0 Å². The highest BCUT2D eigenvalue weighted by Crippen LogP contribution is 2.03. The molecule has 1 aromatic carbocycles. The summed E-state index contributed by atoms with van der Waals surface area (Å²) in [5, 5.41) is 20.0.